The van der Waals surface area contributed by atoms with E-state index in [9.17, 15) is 9.18 Å². The van der Waals surface area contributed by atoms with Gasteiger partial charge in [0.15, 0.2) is 5.69 Å². The molecule has 2 aliphatic rings. The average Bonchev–Trinajstić information content (AvgIpc) is 3.22. The molecule has 0 unspecified atom stereocenters. The summed E-state index contributed by atoms with van der Waals surface area (Å²) in [6.45, 7) is 6.22. The summed E-state index contributed by atoms with van der Waals surface area (Å²) in [4.78, 5) is 17.9. The number of nitrogens with one attached hydrogen (secondary N) is 1. The highest BCUT2D eigenvalue weighted by Gasteiger charge is 2.50. The van der Waals surface area contributed by atoms with Crippen molar-refractivity contribution >= 4 is 17.5 Å². The fraction of sp³-hybridized carbons (Fsp3) is 0.375. The highest BCUT2D eigenvalue weighted by molar-refractivity contribution is 6.32. The Morgan fingerprint density at radius 1 is 1.29 bits per heavy atom. The molecule has 31 heavy (non-hydrogen) atoms. The summed E-state index contributed by atoms with van der Waals surface area (Å²) in [7, 11) is 0. The van der Waals surface area contributed by atoms with Crippen LogP contribution in [-0.4, -0.2) is 20.7 Å². The van der Waals surface area contributed by atoms with Gasteiger partial charge in [-0.15, -0.1) is 0 Å². The van der Waals surface area contributed by atoms with Crippen LogP contribution < -0.4 is 5.32 Å². The van der Waals surface area contributed by atoms with Gasteiger partial charge in [0.05, 0.1) is 28.1 Å². The lowest BCUT2D eigenvalue weighted by Crippen LogP contribution is -2.37. The number of hydrogen-bond donors (Lipinski definition) is 1. The summed E-state index contributed by atoms with van der Waals surface area (Å²) in [5.41, 5.74) is 3.61. The van der Waals surface area contributed by atoms with Crippen molar-refractivity contribution in [3.8, 4) is 5.69 Å². The first kappa shape index (κ1) is 20.2. The lowest BCUT2D eigenvalue weighted by Gasteiger charge is -2.31. The molecule has 5 rings (SSSR count). The summed E-state index contributed by atoms with van der Waals surface area (Å²) in [5, 5.41) is 8.12. The van der Waals surface area contributed by atoms with Crippen molar-refractivity contribution in [2.75, 3.05) is 0 Å². The molecule has 1 aromatic carbocycles. The second kappa shape index (κ2) is 7.16. The zero-order chi connectivity index (χ0) is 21.9. The Bertz CT molecular complexity index is 1170. The van der Waals surface area contributed by atoms with Crippen molar-refractivity contribution in [1.29, 1.82) is 0 Å². The maximum absolute atomic E-state index is 13.6. The highest BCUT2D eigenvalue weighted by atomic mass is 35.5. The largest absolute Gasteiger partial charge is 0.342 e. The first-order valence-electron chi connectivity index (χ1n) is 10.5. The Balaban J connectivity index is 1.54. The van der Waals surface area contributed by atoms with Gasteiger partial charge in [-0.1, -0.05) is 38.4 Å². The number of carbonyl (C=O) groups excluding carboxylic acids is 1. The van der Waals surface area contributed by atoms with E-state index in [-0.39, 0.29) is 22.4 Å². The van der Waals surface area contributed by atoms with Gasteiger partial charge < -0.3 is 5.32 Å². The van der Waals surface area contributed by atoms with Crippen molar-refractivity contribution in [3.05, 3.63) is 76.1 Å². The molecular weight excluding hydrogens is 415 g/mol. The van der Waals surface area contributed by atoms with Gasteiger partial charge in [0.1, 0.15) is 5.82 Å². The van der Waals surface area contributed by atoms with E-state index in [0.29, 0.717) is 23.2 Å². The number of aromatic nitrogens is 3. The van der Waals surface area contributed by atoms with E-state index in [1.807, 2.05) is 18.2 Å². The predicted octanol–water partition coefficient (Wildman–Crippen LogP) is 5.24. The molecule has 0 spiro atoms. The molecular formula is C24H24ClFN4O. The van der Waals surface area contributed by atoms with Crippen LogP contribution in [0.5, 0.6) is 0 Å². The SMILES string of the molecule is CC(C)(C)[C@@H](NC(=O)c1nn(-c2ccc(F)cc2Cl)c2c1C[C@H]1C[C@@H]21)c1ccccn1. The van der Waals surface area contributed by atoms with Crippen molar-refractivity contribution in [1.82, 2.24) is 20.1 Å². The van der Waals surface area contributed by atoms with Crippen LogP contribution in [0.15, 0.2) is 42.6 Å². The Kier molecular flexibility index (Phi) is 4.66. The molecule has 0 radical (unpaired) electrons. The van der Waals surface area contributed by atoms with Crippen LogP contribution in [0.3, 0.4) is 0 Å². The predicted molar refractivity (Wildman–Crippen MR) is 117 cm³/mol. The van der Waals surface area contributed by atoms with Crippen LogP contribution in [0.25, 0.3) is 5.69 Å². The number of halogens is 2. The number of fused-ring (bicyclic) bond motifs is 3. The van der Waals surface area contributed by atoms with Gasteiger partial charge in [-0.25, -0.2) is 9.07 Å². The molecule has 1 N–H and O–H groups in total. The van der Waals surface area contributed by atoms with E-state index in [2.05, 4.69) is 36.2 Å². The molecule has 0 bridgehead atoms. The maximum atomic E-state index is 13.6. The third-order valence-corrected chi connectivity index (χ3v) is 6.54. The van der Waals surface area contributed by atoms with Gasteiger partial charge in [0, 0.05) is 17.7 Å². The topological polar surface area (TPSA) is 59.8 Å². The van der Waals surface area contributed by atoms with Crippen LogP contribution in [-0.2, 0) is 6.42 Å². The zero-order valence-corrected chi connectivity index (χ0v) is 18.4. The summed E-state index contributed by atoms with van der Waals surface area (Å²) >= 11 is 6.33. The molecule has 3 atom stereocenters. The minimum absolute atomic E-state index is 0.222. The van der Waals surface area contributed by atoms with E-state index < -0.39 is 5.82 Å². The number of carbonyl (C=O) groups is 1. The van der Waals surface area contributed by atoms with E-state index in [4.69, 9.17) is 11.6 Å². The van der Waals surface area contributed by atoms with Crippen molar-refractivity contribution < 1.29 is 9.18 Å². The monoisotopic (exact) mass is 438 g/mol. The molecule has 2 heterocycles. The van der Waals surface area contributed by atoms with Gasteiger partial charge in [-0.05, 0) is 54.5 Å². The molecule has 1 amide bonds. The highest BCUT2D eigenvalue weighted by Crippen LogP contribution is 2.57. The Labute approximate surface area is 185 Å². The number of benzene rings is 1. The lowest BCUT2D eigenvalue weighted by atomic mass is 9.84. The van der Waals surface area contributed by atoms with Crippen LogP contribution in [0.4, 0.5) is 4.39 Å². The number of pyridine rings is 1. The minimum atomic E-state index is -0.400. The van der Waals surface area contributed by atoms with Crippen molar-refractivity contribution in [2.45, 2.75) is 45.6 Å². The number of nitrogens with zero attached hydrogens (tertiary/aromatic N) is 3. The standard InChI is InChI=1S/C24H24ClFN4O/c1-24(2,3)22(18-6-4-5-9-27-18)28-23(31)20-16-11-13-10-15(13)21(16)30(29-20)19-8-7-14(26)12-17(19)25/h4-9,12-13,15,22H,10-11H2,1-3H3,(H,28,31)/t13-,15-,22+/m1/s1. The van der Waals surface area contributed by atoms with Gasteiger partial charge in [0.25, 0.3) is 5.91 Å². The smallest absolute Gasteiger partial charge is 0.272 e. The zero-order valence-electron chi connectivity index (χ0n) is 17.7. The number of rotatable bonds is 4. The average molecular weight is 439 g/mol. The quantitative estimate of drug-likeness (QED) is 0.606. The summed E-state index contributed by atoms with van der Waals surface area (Å²) in [6, 6.07) is 9.70. The molecule has 2 aromatic heterocycles. The maximum Gasteiger partial charge on any atom is 0.272 e. The van der Waals surface area contributed by atoms with Crippen LogP contribution >= 0.6 is 11.6 Å². The fourth-order valence-corrected chi connectivity index (χ4v) is 4.86. The van der Waals surface area contributed by atoms with Gasteiger partial charge in [-0.2, -0.15) is 5.10 Å². The second-order valence-corrected chi connectivity index (χ2v) is 9.96. The van der Waals surface area contributed by atoms with Crippen LogP contribution in [0.1, 0.15) is 66.6 Å². The molecule has 7 heteroatoms. The summed E-state index contributed by atoms with van der Waals surface area (Å²) in [6.07, 6.45) is 3.67. The third-order valence-electron chi connectivity index (χ3n) is 6.24. The van der Waals surface area contributed by atoms with Gasteiger partial charge in [-0.3, -0.25) is 9.78 Å². The summed E-state index contributed by atoms with van der Waals surface area (Å²) < 4.78 is 15.3. The number of hydrogen-bond acceptors (Lipinski definition) is 3. The Morgan fingerprint density at radius 3 is 2.77 bits per heavy atom. The normalized spacial score (nSPS) is 20.2. The van der Waals surface area contributed by atoms with Crippen molar-refractivity contribution in [3.63, 3.8) is 0 Å². The van der Waals surface area contributed by atoms with E-state index in [1.165, 1.54) is 12.1 Å². The number of amides is 1. The first-order chi connectivity index (χ1) is 14.7. The van der Waals surface area contributed by atoms with E-state index in [1.54, 1.807) is 16.9 Å². The Hall–Kier alpha value is -2.73. The molecule has 5 nitrogen and oxygen atoms in total. The van der Waals surface area contributed by atoms with Crippen LogP contribution in [0, 0.1) is 17.2 Å². The molecule has 2 aliphatic carbocycles. The van der Waals surface area contributed by atoms with Crippen LogP contribution in [0.2, 0.25) is 5.02 Å². The van der Waals surface area contributed by atoms with Gasteiger partial charge >= 0.3 is 0 Å². The summed E-state index contributed by atoms with van der Waals surface area (Å²) in [5.74, 6) is 0.321. The lowest BCUT2D eigenvalue weighted by molar-refractivity contribution is 0.0893. The second-order valence-electron chi connectivity index (χ2n) is 9.55. The molecule has 1 fully saturated rings. The van der Waals surface area contributed by atoms with Crippen molar-refractivity contribution in [2.24, 2.45) is 11.3 Å². The molecule has 0 saturated heterocycles. The molecule has 1 saturated carbocycles. The van der Waals surface area contributed by atoms with E-state index in [0.717, 1.165) is 29.8 Å². The van der Waals surface area contributed by atoms with Gasteiger partial charge in [0.2, 0.25) is 0 Å². The third kappa shape index (κ3) is 3.53. The molecule has 160 valence electrons. The fourth-order valence-electron chi connectivity index (χ4n) is 4.62. The molecule has 3 aromatic rings. The molecule has 0 aliphatic heterocycles. The Morgan fingerprint density at radius 2 is 2.10 bits per heavy atom. The van der Waals surface area contributed by atoms with E-state index >= 15 is 0 Å². The first-order valence-corrected chi connectivity index (χ1v) is 10.9. The minimum Gasteiger partial charge on any atom is -0.342 e.